The lowest BCUT2D eigenvalue weighted by Crippen LogP contribution is -2.51. The van der Waals surface area contributed by atoms with Crippen LogP contribution in [0.2, 0.25) is 0 Å². The van der Waals surface area contributed by atoms with Crippen molar-refractivity contribution in [3.63, 3.8) is 0 Å². The maximum atomic E-state index is 11.8. The number of hydrogen-bond acceptors (Lipinski definition) is 4. The van der Waals surface area contributed by atoms with Gasteiger partial charge in [-0.05, 0) is 35.7 Å². The Bertz CT molecular complexity index is 754. The summed E-state index contributed by atoms with van der Waals surface area (Å²) in [6.45, 7) is 2.01. The minimum absolute atomic E-state index is 0.187. The van der Waals surface area contributed by atoms with E-state index in [1.165, 1.54) is 5.56 Å². The van der Waals surface area contributed by atoms with Crippen molar-refractivity contribution in [3.05, 3.63) is 42.2 Å². The molecule has 1 aromatic heterocycles. The van der Waals surface area contributed by atoms with Crippen molar-refractivity contribution in [2.24, 2.45) is 0 Å². The summed E-state index contributed by atoms with van der Waals surface area (Å²) in [4.78, 5) is 17.9. The lowest BCUT2D eigenvalue weighted by atomic mass is 9.96. The van der Waals surface area contributed by atoms with Crippen LogP contribution in [0.5, 0.6) is 0 Å². The van der Waals surface area contributed by atoms with Crippen LogP contribution in [-0.2, 0) is 11.2 Å². The molecule has 118 valence electrons. The molecule has 0 aliphatic carbocycles. The third-order valence-electron chi connectivity index (χ3n) is 4.65. The second-order valence-corrected chi connectivity index (χ2v) is 6.26. The standard InChI is InChI=1S/C18H20N4O/c1-22-17-4-2-12(6-13(17)3-5-18(22)23)14-7-15(9-19-8-14)21-16-10-20-11-16/h2,4,6-9,16,20-21H,3,5,10-11H2,1H3. The van der Waals surface area contributed by atoms with Gasteiger partial charge in [-0.15, -0.1) is 0 Å². The molecule has 0 spiro atoms. The van der Waals surface area contributed by atoms with Crippen LogP contribution in [0, 0.1) is 0 Å². The van der Waals surface area contributed by atoms with Crippen LogP contribution >= 0.6 is 0 Å². The Morgan fingerprint density at radius 3 is 2.83 bits per heavy atom. The summed E-state index contributed by atoms with van der Waals surface area (Å²) < 4.78 is 0. The van der Waals surface area contributed by atoms with Gasteiger partial charge in [-0.1, -0.05) is 6.07 Å². The van der Waals surface area contributed by atoms with Crippen molar-refractivity contribution >= 4 is 17.3 Å². The summed E-state index contributed by atoms with van der Waals surface area (Å²) in [6.07, 6.45) is 5.16. The average Bonchev–Trinajstić information content (AvgIpc) is 2.54. The van der Waals surface area contributed by atoms with Crippen LogP contribution < -0.4 is 15.5 Å². The van der Waals surface area contributed by atoms with Gasteiger partial charge < -0.3 is 15.5 Å². The van der Waals surface area contributed by atoms with E-state index in [0.29, 0.717) is 12.5 Å². The Morgan fingerprint density at radius 1 is 1.17 bits per heavy atom. The van der Waals surface area contributed by atoms with Gasteiger partial charge in [0.05, 0.1) is 11.7 Å². The normalized spacial score (nSPS) is 17.6. The molecule has 5 nitrogen and oxygen atoms in total. The molecule has 0 radical (unpaired) electrons. The molecule has 0 atom stereocenters. The molecule has 4 rings (SSSR count). The van der Waals surface area contributed by atoms with Gasteiger partial charge in [0.1, 0.15) is 0 Å². The highest BCUT2D eigenvalue weighted by molar-refractivity contribution is 5.96. The summed E-state index contributed by atoms with van der Waals surface area (Å²) in [5.41, 5.74) is 5.55. The fourth-order valence-corrected chi connectivity index (χ4v) is 3.14. The number of benzene rings is 1. The first-order valence-electron chi connectivity index (χ1n) is 8.03. The third kappa shape index (κ3) is 2.68. The zero-order valence-electron chi connectivity index (χ0n) is 13.2. The number of amides is 1. The zero-order valence-corrected chi connectivity index (χ0v) is 13.2. The largest absolute Gasteiger partial charge is 0.378 e. The van der Waals surface area contributed by atoms with E-state index in [1.54, 1.807) is 4.90 Å². The van der Waals surface area contributed by atoms with Crippen LogP contribution in [0.25, 0.3) is 11.1 Å². The van der Waals surface area contributed by atoms with Crippen molar-refractivity contribution in [1.29, 1.82) is 0 Å². The maximum Gasteiger partial charge on any atom is 0.227 e. The molecule has 2 aromatic rings. The van der Waals surface area contributed by atoms with Gasteiger partial charge >= 0.3 is 0 Å². The number of nitrogens with one attached hydrogen (secondary N) is 2. The van der Waals surface area contributed by atoms with Gasteiger partial charge in [0.15, 0.2) is 0 Å². The molecule has 1 amide bonds. The van der Waals surface area contributed by atoms with Gasteiger partial charge in [0.2, 0.25) is 5.91 Å². The fraction of sp³-hybridized carbons (Fsp3) is 0.333. The first kappa shape index (κ1) is 14.2. The number of carbonyl (C=O) groups excluding carboxylic acids is 1. The fourth-order valence-electron chi connectivity index (χ4n) is 3.14. The number of aryl methyl sites for hydroxylation is 1. The summed E-state index contributed by atoms with van der Waals surface area (Å²) in [5.74, 6) is 0.187. The Balaban J connectivity index is 1.63. The molecule has 23 heavy (non-hydrogen) atoms. The van der Waals surface area contributed by atoms with E-state index < -0.39 is 0 Å². The number of carbonyl (C=O) groups is 1. The van der Waals surface area contributed by atoms with E-state index in [1.807, 2.05) is 25.5 Å². The predicted molar refractivity (Wildman–Crippen MR) is 91.7 cm³/mol. The second kappa shape index (κ2) is 5.66. The summed E-state index contributed by atoms with van der Waals surface area (Å²) in [5, 5.41) is 6.74. The second-order valence-electron chi connectivity index (χ2n) is 6.26. The van der Waals surface area contributed by atoms with Gasteiger partial charge in [-0.25, -0.2) is 0 Å². The van der Waals surface area contributed by atoms with Crippen LogP contribution in [-0.4, -0.2) is 37.1 Å². The van der Waals surface area contributed by atoms with Crippen LogP contribution in [0.15, 0.2) is 36.7 Å². The number of pyridine rings is 1. The third-order valence-corrected chi connectivity index (χ3v) is 4.65. The zero-order chi connectivity index (χ0) is 15.8. The number of anilines is 2. The minimum atomic E-state index is 0.187. The minimum Gasteiger partial charge on any atom is -0.378 e. The van der Waals surface area contributed by atoms with Crippen molar-refractivity contribution in [2.75, 3.05) is 30.4 Å². The van der Waals surface area contributed by atoms with Gasteiger partial charge in [0.25, 0.3) is 0 Å². The Morgan fingerprint density at radius 2 is 2.04 bits per heavy atom. The maximum absolute atomic E-state index is 11.8. The van der Waals surface area contributed by atoms with Crippen molar-refractivity contribution < 1.29 is 4.79 Å². The molecule has 1 fully saturated rings. The average molecular weight is 308 g/mol. The van der Waals surface area contributed by atoms with E-state index >= 15 is 0 Å². The van der Waals surface area contributed by atoms with E-state index in [0.717, 1.165) is 42.0 Å². The van der Waals surface area contributed by atoms with Gasteiger partial charge in [0, 0.05) is 50.2 Å². The van der Waals surface area contributed by atoms with E-state index in [2.05, 4.69) is 33.8 Å². The molecule has 2 aliphatic rings. The number of fused-ring (bicyclic) bond motifs is 1. The van der Waals surface area contributed by atoms with E-state index in [-0.39, 0.29) is 5.91 Å². The Kier molecular flexibility index (Phi) is 3.50. The molecule has 5 heteroatoms. The number of hydrogen-bond donors (Lipinski definition) is 2. The Hall–Kier alpha value is -2.40. The lowest BCUT2D eigenvalue weighted by molar-refractivity contribution is -0.118. The number of rotatable bonds is 3. The summed E-state index contributed by atoms with van der Waals surface area (Å²) >= 11 is 0. The number of aromatic nitrogens is 1. The molecule has 0 unspecified atom stereocenters. The molecule has 0 bridgehead atoms. The monoisotopic (exact) mass is 308 g/mol. The first-order chi connectivity index (χ1) is 11.2. The van der Waals surface area contributed by atoms with Gasteiger partial charge in [-0.2, -0.15) is 0 Å². The smallest absolute Gasteiger partial charge is 0.227 e. The molecule has 2 N–H and O–H groups in total. The quantitative estimate of drug-likeness (QED) is 0.911. The summed E-state index contributed by atoms with van der Waals surface area (Å²) in [6, 6.07) is 8.93. The summed E-state index contributed by atoms with van der Waals surface area (Å²) in [7, 11) is 1.85. The first-order valence-corrected chi connectivity index (χ1v) is 8.03. The van der Waals surface area contributed by atoms with Crippen molar-refractivity contribution in [1.82, 2.24) is 10.3 Å². The molecule has 2 aliphatic heterocycles. The van der Waals surface area contributed by atoms with Crippen LogP contribution in [0.4, 0.5) is 11.4 Å². The highest BCUT2D eigenvalue weighted by Crippen LogP contribution is 2.31. The highest BCUT2D eigenvalue weighted by atomic mass is 16.2. The van der Waals surface area contributed by atoms with Crippen molar-refractivity contribution in [2.45, 2.75) is 18.9 Å². The molecule has 1 saturated heterocycles. The van der Waals surface area contributed by atoms with Crippen LogP contribution in [0.1, 0.15) is 12.0 Å². The lowest BCUT2D eigenvalue weighted by Gasteiger charge is -2.29. The van der Waals surface area contributed by atoms with E-state index in [4.69, 9.17) is 0 Å². The van der Waals surface area contributed by atoms with Crippen LogP contribution in [0.3, 0.4) is 0 Å². The predicted octanol–water partition coefficient (Wildman–Crippen LogP) is 2.04. The highest BCUT2D eigenvalue weighted by Gasteiger charge is 2.21. The van der Waals surface area contributed by atoms with Crippen molar-refractivity contribution in [3.8, 4) is 11.1 Å². The SMILES string of the molecule is CN1C(=O)CCc2cc(-c3cncc(NC4CNC4)c3)ccc21. The van der Waals surface area contributed by atoms with Gasteiger partial charge in [-0.3, -0.25) is 9.78 Å². The topological polar surface area (TPSA) is 57.3 Å². The Labute approximate surface area is 135 Å². The number of nitrogens with zero attached hydrogens (tertiary/aromatic N) is 2. The molecular formula is C18H20N4O. The molecule has 3 heterocycles. The molecular weight excluding hydrogens is 288 g/mol. The molecule has 0 saturated carbocycles. The molecule has 1 aromatic carbocycles. The van der Waals surface area contributed by atoms with E-state index in [9.17, 15) is 4.79 Å².